The molecule has 7 heteroatoms. The van der Waals surface area contributed by atoms with Crippen molar-refractivity contribution in [2.75, 3.05) is 26.2 Å². The number of hydrogen-bond acceptors (Lipinski definition) is 4. The van der Waals surface area contributed by atoms with Crippen molar-refractivity contribution in [2.45, 2.75) is 44.3 Å². The van der Waals surface area contributed by atoms with Gasteiger partial charge in [0.25, 0.3) is 0 Å². The number of nitrogens with one attached hydrogen (secondary N) is 1. The van der Waals surface area contributed by atoms with Crippen LogP contribution in [0.5, 0.6) is 5.75 Å². The Morgan fingerprint density at radius 1 is 1.03 bits per heavy atom. The maximum atomic E-state index is 13.2. The maximum absolute atomic E-state index is 13.2. The van der Waals surface area contributed by atoms with Crippen LogP contribution in [0.15, 0.2) is 60.7 Å². The summed E-state index contributed by atoms with van der Waals surface area (Å²) in [5, 5.41) is 24.2. The van der Waals surface area contributed by atoms with E-state index in [2.05, 4.69) is 5.32 Å². The van der Waals surface area contributed by atoms with Gasteiger partial charge in [-0.3, -0.25) is 0 Å². The number of phenolic OH excluding ortho intramolecular Hbond substituents is 1. The van der Waals surface area contributed by atoms with Crippen molar-refractivity contribution in [1.29, 1.82) is 0 Å². The monoisotopic (exact) mass is 480 g/mol. The molecule has 2 fully saturated rings. The minimum Gasteiger partial charge on any atom is -0.508 e. The number of rotatable bonds is 4. The topological polar surface area (TPSA) is 82.0 Å². The molecule has 0 bridgehead atoms. The lowest BCUT2D eigenvalue weighted by atomic mass is 9.87. The zero-order valence-corrected chi connectivity index (χ0v) is 19.8. The van der Waals surface area contributed by atoms with Crippen LogP contribution >= 0.6 is 0 Å². The largest absolute Gasteiger partial charge is 0.508 e. The van der Waals surface area contributed by atoms with E-state index in [0.717, 1.165) is 67.3 Å². The molecule has 2 saturated heterocycles. The summed E-state index contributed by atoms with van der Waals surface area (Å²) in [6.45, 7) is 3.48. The van der Waals surface area contributed by atoms with Gasteiger partial charge in [0.15, 0.2) is 0 Å². The third-order valence-electron chi connectivity index (χ3n) is 6.75. The molecule has 2 atom stereocenters. The molecule has 2 unspecified atom stereocenters. The molecule has 0 radical (unpaired) electrons. The summed E-state index contributed by atoms with van der Waals surface area (Å²) < 4.78 is 19.4. The number of benzene rings is 3. The quantitative estimate of drug-likeness (QED) is 0.460. The SMILES string of the molecule is O=C(O)N1CCCCC1.Oc1cc2ccccc2cc1COC1CNCCC1c1ccc(F)cc1. The smallest absolute Gasteiger partial charge is 0.407 e. The number of nitrogens with zero attached hydrogens (tertiary/aromatic N) is 1. The molecule has 0 aliphatic carbocycles. The summed E-state index contributed by atoms with van der Waals surface area (Å²) in [6, 6.07) is 18.4. The van der Waals surface area contributed by atoms with Crippen molar-refractivity contribution in [1.82, 2.24) is 10.2 Å². The lowest BCUT2D eigenvalue weighted by Crippen LogP contribution is -2.40. The summed E-state index contributed by atoms with van der Waals surface area (Å²) in [4.78, 5) is 11.8. The third-order valence-corrected chi connectivity index (χ3v) is 6.75. The second kappa shape index (κ2) is 12.0. The number of hydrogen-bond donors (Lipinski definition) is 3. The number of ether oxygens (including phenoxy) is 1. The highest BCUT2D eigenvalue weighted by molar-refractivity contribution is 5.84. The zero-order chi connectivity index (χ0) is 24.6. The van der Waals surface area contributed by atoms with Gasteiger partial charge in [0.1, 0.15) is 11.6 Å². The number of phenols is 1. The van der Waals surface area contributed by atoms with Crippen LogP contribution in [0.25, 0.3) is 10.8 Å². The van der Waals surface area contributed by atoms with Gasteiger partial charge in [-0.15, -0.1) is 0 Å². The molecule has 2 heterocycles. The maximum Gasteiger partial charge on any atom is 0.407 e. The molecule has 186 valence electrons. The van der Waals surface area contributed by atoms with E-state index < -0.39 is 6.09 Å². The van der Waals surface area contributed by atoms with Crippen molar-refractivity contribution in [2.24, 2.45) is 0 Å². The predicted octanol–water partition coefficient (Wildman–Crippen LogP) is 5.50. The first-order chi connectivity index (χ1) is 17.0. The van der Waals surface area contributed by atoms with Crippen LogP contribution in [0.2, 0.25) is 0 Å². The van der Waals surface area contributed by atoms with E-state index in [0.29, 0.717) is 6.61 Å². The van der Waals surface area contributed by atoms with Crippen LogP contribution in [0.1, 0.15) is 42.7 Å². The van der Waals surface area contributed by atoms with Gasteiger partial charge in [0, 0.05) is 31.1 Å². The Hall–Kier alpha value is -3.16. The van der Waals surface area contributed by atoms with Gasteiger partial charge in [-0.2, -0.15) is 0 Å². The number of aromatic hydroxyl groups is 1. The van der Waals surface area contributed by atoms with E-state index in [4.69, 9.17) is 9.84 Å². The van der Waals surface area contributed by atoms with E-state index in [9.17, 15) is 14.3 Å². The number of carboxylic acid groups (broad SMARTS) is 1. The van der Waals surface area contributed by atoms with Crippen molar-refractivity contribution >= 4 is 16.9 Å². The molecule has 3 aromatic rings. The van der Waals surface area contributed by atoms with Crippen molar-refractivity contribution < 1.29 is 24.1 Å². The Morgan fingerprint density at radius 3 is 2.37 bits per heavy atom. The van der Waals surface area contributed by atoms with Crippen LogP contribution in [-0.4, -0.2) is 53.5 Å². The Balaban J connectivity index is 0.000000271. The number of carbonyl (C=O) groups is 1. The highest BCUT2D eigenvalue weighted by atomic mass is 19.1. The van der Waals surface area contributed by atoms with Gasteiger partial charge in [-0.05, 0) is 72.8 Å². The van der Waals surface area contributed by atoms with Crippen LogP contribution in [-0.2, 0) is 11.3 Å². The van der Waals surface area contributed by atoms with E-state index in [1.807, 2.05) is 42.5 Å². The Bertz CT molecular complexity index is 1120. The summed E-state index contributed by atoms with van der Waals surface area (Å²) in [5.74, 6) is 0.256. The highest BCUT2D eigenvalue weighted by Crippen LogP contribution is 2.30. The predicted molar refractivity (Wildman–Crippen MR) is 134 cm³/mol. The summed E-state index contributed by atoms with van der Waals surface area (Å²) in [7, 11) is 0. The fraction of sp³-hybridized carbons (Fsp3) is 0.393. The van der Waals surface area contributed by atoms with Gasteiger partial charge in [0.2, 0.25) is 0 Å². The Morgan fingerprint density at radius 2 is 1.71 bits per heavy atom. The zero-order valence-electron chi connectivity index (χ0n) is 19.8. The Kier molecular flexibility index (Phi) is 8.55. The first-order valence-corrected chi connectivity index (χ1v) is 12.3. The molecule has 0 aromatic heterocycles. The van der Waals surface area contributed by atoms with Gasteiger partial charge >= 0.3 is 6.09 Å². The number of fused-ring (bicyclic) bond motifs is 1. The lowest BCUT2D eigenvalue weighted by Gasteiger charge is -2.32. The minimum absolute atomic E-state index is 0.0138. The average Bonchev–Trinajstić information content (AvgIpc) is 2.89. The van der Waals surface area contributed by atoms with Gasteiger partial charge in [0.05, 0.1) is 12.7 Å². The molecule has 2 aliphatic rings. The van der Waals surface area contributed by atoms with Crippen molar-refractivity contribution in [3.63, 3.8) is 0 Å². The normalized spacial score (nSPS) is 20.2. The standard InChI is InChI=1S/C22H22FNO2.C6H11NO2/c23-19-7-5-15(6-8-19)20-9-10-24-13-22(20)26-14-18-11-16-3-1-2-4-17(16)12-21(18)25;8-6(9)7-4-2-1-3-5-7/h1-8,11-12,20,22,24-25H,9-10,13-14H2;1-5H2,(H,8,9). The Labute approximate surface area is 205 Å². The number of likely N-dealkylation sites (tertiary alicyclic amines) is 1. The van der Waals surface area contributed by atoms with E-state index >= 15 is 0 Å². The van der Waals surface area contributed by atoms with Crippen LogP contribution in [0.3, 0.4) is 0 Å². The van der Waals surface area contributed by atoms with E-state index in [1.165, 1.54) is 23.5 Å². The summed E-state index contributed by atoms with van der Waals surface area (Å²) >= 11 is 0. The summed E-state index contributed by atoms with van der Waals surface area (Å²) in [5.41, 5.74) is 1.88. The average molecular weight is 481 g/mol. The first-order valence-electron chi connectivity index (χ1n) is 12.3. The van der Waals surface area contributed by atoms with Crippen LogP contribution in [0.4, 0.5) is 9.18 Å². The second-order valence-electron chi connectivity index (χ2n) is 9.16. The number of amides is 1. The molecule has 1 amide bonds. The van der Waals surface area contributed by atoms with E-state index in [1.54, 1.807) is 6.07 Å². The van der Waals surface area contributed by atoms with Crippen LogP contribution in [0, 0.1) is 5.82 Å². The number of piperidine rings is 2. The van der Waals surface area contributed by atoms with Gasteiger partial charge in [-0.25, -0.2) is 9.18 Å². The fourth-order valence-electron chi connectivity index (χ4n) is 4.77. The van der Waals surface area contributed by atoms with E-state index in [-0.39, 0.29) is 23.6 Å². The molecule has 0 saturated carbocycles. The second-order valence-corrected chi connectivity index (χ2v) is 9.16. The van der Waals surface area contributed by atoms with Gasteiger partial charge < -0.3 is 25.2 Å². The molecule has 0 spiro atoms. The molecule has 6 nitrogen and oxygen atoms in total. The molecular weight excluding hydrogens is 447 g/mol. The molecular formula is C28H33FN2O4. The fourth-order valence-corrected chi connectivity index (χ4v) is 4.77. The lowest BCUT2D eigenvalue weighted by molar-refractivity contribution is 0.00989. The summed E-state index contributed by atoms with van der Waals surface area (Å²) in [6.07, 6.45) is 3.41. The van der Waals surface area contributed by atoms with Crippen LogP contribution < -0.4 is 5.32 Å². The molecule has 5 rings (SSSR count). The minimum atomic E-state index is -0.769. The molecule has 2 aliphatic heterocycles. The number of halogens is 1. The molecule has 3 aromatic carbocycles. The first kappa shape index (κ1) is 24.9. The van der Waals surface area contributed by atoms with Crippen molar-refractivity contribution in [3.05, 3.63) is 77.6 Å². The molecule has 3 N–H and O–H groups in total. The van der Waals surface area contributed by atoms with Gasteiger partial charge in [-0.1, -0.05) is 36.4 Å². The van der Waals surface area contributed by atoms with Crippen molar-refractivity contribution in [3.8, 4) is 5.75 Å². The molecule has 35 heavy (non-hydrogen) atoms. The highest BCUT2D eigenvalue weighted by Gasteiger charge is 2.27. The third kappa shape index (κ3) is 6.71.